The van der Waals surface area contributed by atoms with Crippen LogP contribution in [0.4, 0.5) is 0 Å². The predicted molar refractivity (Wildman–Crippen MR) is 113 cm³/mol. The fraction of sp³-hybridized carbons (Fsp3) is 0.571. The van der Waals surface area contributed by atoms with Crippen molar-refractivity contribution in [3.05, 3.63) is 29.0 Å². The van der Waals surface area contributed by atoms with E-state index in [0.29, 0.717) is 18.0 Å². The lowest BCUT2D eigenvalue weighted by molar-refractivity contribution is -0.930. The molecule has 2 heterocycles. The van der Waals surface area contributed by atoms with E-state index in [4.69, 9.17) is 26.8 Å². The van der Waals surface area contributed by atoms with E-state index < -0.39 is 0 Å². The molecular weight excluding hydrogens is 388 g/mol. The number of aromatic nitrogens is 3. The number of quaternary nitrogens is 1. The SMILES string of the molecule is CCOC(=O)[C@@H]1CCC[NH+](Cn2nc(-c3ccc(OC)cc3)n(C(C)C)c2=S)C1. The number of hydrogen-bond donors (Lipinski definition) is 1. The van der Waals surface area contributed by atoms with Gasteiger partial charge in [0, 0.05) is 11.6 Å². The number of methoxy groups -OCH3 is 1. The number of carbonyl (C=O) groups excluding carboxylic acids is 1. The summed E-state index contributed by atoms with van der Waals surface area (Å²) in [6, 6.07) is 8.06. The fourth-order valence-electron chi connectivity index (χ4n) is 3.89. The average Bonchev–Trinajstić information content (AvgIpc) is 3.04. The number of hydrogen-bond acceptors (Lipinski definition) is 5. The molecule has 0 amide bonds. The minimum atomic E-state index is -0.0834. The summed E-state index contributed by atoms with van der Waals surface area (Å²) in [5.41, 5.74) is 1.00. The first-order valence-electron chi connectivity index (χ1n) is 10.3. The van der Waals surface area contributed by atoms with Crippen molar-refractivity contribution in [1.82, 2.24) is 14.3 Å². The van der Waals surface area contributed by atoms with Gasteiger partial charge >= 0.3 is 5.97 Å². The number of rotatable bonds is 7. The highest BCUT2D eigenvalue weighted by molar-refractivity contribution is 7.71. The Morgan fingerprint density at radius 2 is 2.07 bits per heavy atom. The molecule has 1 unspecified atom stereocenters. The lowest BCUT2D eigenvalue weighted by Gasteiger charge is -2.28. The quantitative estimate of drug-likeness (QED) is 0.552. The van der Waals surface area contributed by atoms with E-state index in [-0.39, 0.29) is 17.9 Å². The first-order chi connectivity index (χ1) is 13.9. The first-order valence-corrected chi connectivity index (χ1v) is 10.7. The Kier molecular flexibility index (Phi) is 7.08. The molecule has 1 aromatic heterocycles. The van der Waals surface area contributed by atoms with Crippen molar-refractivity contribution in [3.63, 3.8) is 0 Å². The summed E-state index contributed by atoms with van der Waals surface area (Å²) >= 11 is 5.76. The van der Waals surface area contributed by atoms with Gasteiger partial charge in [0.15, 0.2) is 12.5 Å². The molecule has 29 heavy (non-hydrogen) atoms. The maximum Gasteiger partial charge on any atom is 0.314 e. The molecule has 1 aliphatic heterocycles. The Morgan fingerprint density at radius 3 is 2.69 bits per heavy atom. The zero-order valence-corrected chi connectivity index (χ0v) is 18.5. The molecule has 1 aliphatic rings. The number of carbonyl (C=O) groups is 1. The van der Waals surface area contributed by atoms with Crippen LogP contribution in [0.1, 0.15) is 39.7 Å². The molecule has 7 nitrogen and oxygen atoms in total. The van der Waals surface area contributed by atoms with E-state index in [1.807, 2.05) is 35.9 Å². The van der Waals surface area contributed by atoms with Crippen LogP contribution in [-0.4, -0.2) is 47.1 Å². The highest BCUT2D eigenvalue weighted by Crippen LogP contribution is 2.24. The molecule has 8 heteroatoms. The minimum Gasteiger partial charge on any atom is -0.497 e. The van der Waals surface area contributed by atoms with Gasteiger partial charge in [-0.1, -0.05) is 0 Å². The predicted octanol–water partition coefficient (Wildman–Crippen LogP) is 2.49. The van der Waals surface area contributed by atoms with E-state index in [1.54, 1.807) is 7.11 Å². The van der Waals surface area contributed by atoms with E-state index in [0.717, 1.165) is 43.1 Å². The second-order valence-corrected chi connectivity index (χ2v) is 8.12. The van der Waals surface area contributed by atoms with Crippen molar-refractivity contribution in [2.75, 3.05) is 26.8 Å². The second-order valence-electron chi connectivity index (χ2n) is 7.75. The number of benzene rings is 1. The van der Waals surface area contributed by atoms with E-state index in [2.05, 4.69) is 18.4 Å². The standard InChI is InChI=1S/C21H30N4O3S/c1-5-28-20(26)17-7-6-12-23(13-17)14-24-21(29)25(15(2)3)19(22-24)16-8-10-18(27-4)11-9-16/h8-11,15,17H,5-7,12-14H2,1-4H3/p+1/t17-/m1/s1. The van der Waals surface area contributed by atoms with Crippen LogP contribution in [0.5, 0.6) is 5.75 Å². The summed E-state index contributed by atoms with van der Waals surface area (Å²) in [7, 11) is 1.66. The second kappa shape index (κ2) is 9.54. The number of ether oxygens (including phenoxy) is 2. The van der Waals surface area contributed by atoms with Crippen molar-refractivity contribution in [2.24, 2.45) is 5.92 Å². The van der Waals surface area contributed by atoms with Crippen molar-refractivity contribution in [2.45, 2.75) is 46.3 Å². The third kappa shape index (κ3) is 4.87. The molecule has 1 saturated heterocycles. The number of esters is 1. The molecule has 1 N–H and O–H groups in total. The number of likely N-dealkylation sites (tertiary alicyclic amines) is 1. The molecule has 1 fully saturated rings. The van der Waals surface area contributed by atoms with Gasteiger partial charge in [0.05, 0.1) is 26.8 Å². The lowest BCUT2D eigenvalue weighted by Crippen LogP contribution is -3.13. The maximum absolute atomic E-state index is 12.2. The van der Waals surface area contributed by atoms with Gasteiger partial charge in [0.25, 0.3) is 0 Å². The first kappa shape index (κ1) is 21.5. The smallest absolute Gasteiger partial charge is 0.314 e. The molecule has 0 radical (unpaired) electrons. The summed E-state index contributed by atoms with van der Waals surface area (Å²) in [4.78, 5) is 13.5. The highest BCUT2D eigenvalue weighted by atomic mass is 32.1. The maximum atomic E-state index is 12.2. The summed E-state index contributed by atoms with van der Waals surface area (Å²) in [6.45, 7) is 8.91. The summed E-state index contributed by atoms with van der Waals surface area (Å²) < 4.78 is 15.2. The molecule has 0 bridgehead atoms. The van der Waals surface area contributed by atoms with Gasteiger partial charge in [0.2, 0.25) is 4.77 Å². The van der Waals surface area contributed by atoms with Gasteiger partial charge in [-0.25, -0.2) is 0 Å². The zero-order valence-electron chi connectivity index (χ0n) is 17.7. The normalized spacial score (nSPS) is 19.3. The highest BCUT2D eigenvalue weighted by Gasteiger charge is 2.30. The van der Waals surface area contributed by atoms with Crippen LogP contribution in [0.15, 0.2) is 24.3 Å². The number of piperidine rings is 1. The van der Waals surface area contributed by atoms with Crippen LogP contribution in [0, 0.1) is 10.7 Å². The Labute approximate surface area is 177 Å². The van der Waals surface area contributed by atoms with Crippen LogP contribution in [0.25, 0.3) is 11.4 Å². The Hall–Kier alpha value is -2.19. The van der Waals surface area contributed by atoms with Crippen LogP contribution in [0.3, 0.4) is 0 Å². The van der Waals surface area contributed by atoms with Crippen LogP contribution >= 0.6 is 12.2 Å². The van der Waals surface area contributed by atoms with Gasteiger partial charge in [0.1, 0.15) is 11.7 Å². The van der Waals surface area contributed by atoms with Gasteiger partial charge in [-0.15, -0.1) is 5.10 Å². The molecule has 2 aromatic rings. The molecule has 0 spiro atoms. The van der Waals surface area contributed by atoms with Crippen molar-refractivity contribution in [3.8, 4) is 17.1 Å². The third-order valence-corrected chi connectivity index (χ3v) is 5.75. The van der Waals surface area contributed by atoms with Crippen molar-refractivity contribution >= 4 is 18.2 Å². The molecule has 0 aliphatic carbocycles. The van der Waals surface area contributed by atoms with E-state index in [1.165, 1.54) is 4.90 Å². The topological polar surface area (TPSA) is 62.7 Å². The molecule has 1 aromatic carbocycles. The lowest BCUT2D eigenvalue weighted by atomic mass is 9.99. The summed E-state index contributed by atoms with van der Waals surface area (Å²) in [5, 5.41) is 4.85. The van der Waals surface area contributed by atoms with Crippen molar-refractivity contribution in [1.29, 1.82) is 0 Å². The number of nitrogens with zero attached hydrogens (tertiary/aromatic N) is 3. The fourth-order valence-corrected chi connectivity index (χ4v) is 4.30. The summed E-state index contributed by atoms with van der Waals surface area (Å²) in [6.07, 6.45) is 1.90. The van der Waals surface area contributed by atoms with Gasteiger partial charge in [-0.05, 0) is 70.1 Å². The molecule has 3 rings (SSSR count). The largest absolute Gasteiger partial charge is 0.497 e. The van der Waals surface area contributed by atoms with Crippen LogP contribution in [0.2, 0.25) is 0 Å². The Bertz CT molecular complexity index is 888. The average molecular weight is 420 g/mol. The molecular formula is C21H31N4O3S+. The Balaban J connectivity index is 1.84. The third-order valence-electron chi connectivity index (χ3n) is 5.35. The Morgan fingerprint density at radius 1 is 1.34 bits per heavy atom. The van der Waals surface area contributed by atoms with Gasteiger partial charge in [-0.2, -0.15) is 4.68 Å². The van der Waals surface area contributed by atoms with Gasteiger partial charge < -0.3 is 14.4 Å². The van der Waals surface area contributed by atoms with Crippen LogP contribution in [-0.2, 0) is 16.2 Å². The minimum absolute atomic E-state index is 0.0406. The molecule has 0 saturated carbocycles. The van der Waals surface area contributed by atoms with E-state index in [9.17, 15) is 4.79 Å². The zero-order chi connectivity index (χ0) is 21.0. The van der Waals surface area contributed by atoms with E-state index >= 15 is 0 Å². The monoisotopic (exact) mass is 419 g/mol. The number of nitrogens with one attached hydrogen (secondary N) is 1. The molecule has 158 valence electrons. The van der Waals surface area contributed by atoms with Crippen LogP contribution < -0.4 is 9.64 Å². The van der Waals surface area contributed by atoms with Crippen molar-refractivity contribution < 1.29 is 19.2 Å². The summed E-state index contributed by atoms with van der Waals surface area (Å²) in [5.74, 6) is 1.54. The molecule has 2 atom stereocenters. The van der Waals surface area contributed by atoms with Gasteiger partial charge in [-0.3, -0.25) is 9.36 Å².